The van der Waals surface area contributed by atoms with E-state index in [1.54, 1.807) is 0 Å². The van der Waals surface area contributed by atoms with E-state index in [4.69, 9.17) is 22.7 Å². The summed E-state index contributed by atoms with van der Waals surface area (Å²) in [6.45, 7) is 5.96. The monoisotopic (exact) mass is 224 g/mol. The molecule has 0 radical (unpaired) electrons. The maximum Gasteiger partial charge on any atom is 0.168 e. The normalized spacial score (nSPS) is 10.1. The Morgan fingerprint density at radius 1 is 1.47 bits per heavy atom. The van der Waals surface area contributed by atoms with Crippen LogP contribution < -0.4 is 15.8 Å². The summed E-state index contributed by atoms with van der Waals surface area (Å²) in [5.41, 5.74) is 7.38. The third kappa shape index (κ3) is 3.75. The second kappa shape index (κ2) is 4.98. The predicted molar refractivity (Wildman–Crippen MR) is 67.4 cm³/mol. The molecule has 0 unspecified atom stereocenters. The number of aryl methyl sites for hydroxylation is 1. The lowest BCUT2D eigenvalue weighted by atomic mass is 10.2. The molecule has 15 heavy (non-hydrogen) atoms. The topological polar surface area (TPSA) is 47.3 Å². The molecule has 3 nitrogen and oxygen atoms in total. The zero-order valence-corrected chi connectivity index (χ0v) is 10.0. The van der Waals surface area contributed by atoms with Crippen LogP contribution in [0.5, 0.6) is 5.75 Å². The number of nitrogens with one attached hydrogen (secondary N) is 1. The third-order valence-corrected chi connectivity index (χ3v) is 1.86. The molecule has 0 bridgehead atoms. The second-order valence-corrected chi connectivity index (χ2v) is 4.10. The molecule has 0 aromatic heterocycles. The van der Waals surface area contributed by atoms with Crippen molar-refractivity contribution >= 4 is 23.0 Å². The second-order valence-electron chi connectivity index (χ2n) is 3.66. The van der Waals surface area contributed by atoms with Crippen molar-refractivity contribution in [2.24, 2.45) is 5.73 Å². The summed E-state index contributed by atoms with van der Waals surface area (Å²) < 4.78 is 5.62. The first kappa shape index (κ1) is 11.8. The first-order chi connectivity index (χ1) is 6.99. The molecule has 0 aliphatic carbocycles. The summed E-state index contributed by atoms with van der Waals surface area (Å²) >= 11 is 4.81. The largest absolute Gasteiger partial charge is 0.489 e. The Bertz CT molecular complexity index is 364. The van der Waals surface area contributed by atoms with Gasteiger partial charge in [-0.1, -0.05) is 6.07 Å². The van der Waals surface area contributed by atoms with Gasteiger partial charge < -0.3 is 15.8 Å². The molecule has 0 saturated heterocycles. The predicted octanol–water partition coefficient (Wildman–Crippen LogP) is 2.44. The number of ether oxygens (including phenoxy) is 1. The maximum absolute atomic E-state index is 5.62. The van der Waals surface area contributed by atoms with Gasteiger partial charge in [-0.3, -0.25) is 0 Å². The highest BCUT2D eigenvalue weighted by molar-refractivity contribution is 7.80. The molecule has 0 fully saturated rings. The molecule has 0 spiro atoms. The van der Waals surface area contributed by atoms with Crippen molar-refractivity contribution in [1.82, 2.24) is 0 Å². The fourth-order valence-corrected chi connectivity index (χ4v) is 1.34. The molecular weight excluding hydrogens is 208 g/mol. The molecule has 1 aromatic rings. The van der Waals surface area contributed by atoms with Crippen molar-refractivity contribution in [1.29, 1.82) is 0 Å². The third-order valence-electron chi connectivity index (χ3n) is 1.76. The van der Waals surface area contributed by atoms with Crippen LogP contribution in [0.4, 0.5) is 5.69 Å². The van der Waals surface area contributed by atoms with E-state index < -0.39 is 0 Å². The minimum atomic E-state index is 0.125. The highest BCUT2D eigenvalue weighted by atomic mass is 32.1. The fraction of sp³-hybridized carbons (Fsp3) is 0.364. The number of hydrogen-bond acceptors (Lipinski definition) is 2. The Balaban J connectivity index is 2.97. The van der Waals surface area contributed by atoms with E-state index in [9.17, 15) is 0 Å². The van der Waals surface area contributed by atoms with Crippen molar-refractivity contribution in [3.63, 3.8) is 0 Å². The highest BCUT2D eigenvalue weighted by Gasteiger charge is 2.06. The molecule has 0 atom stereocenters. The van der Waals surface area contributed by atoms with Crippen LogP contribution in [0.1, 0.15) is 19.4 Å². The lowest BCUT2D eigenvalue weighted by Gasteiger charge is -2.15. The van der Waals surface area contributed by atoms with Gasteiger partial charge in [-0.15, -0.1) is 0 Å². The van der Waals surface area contributed by atoms with Crippen LogP contribution in [0, 0.1) is 6.92 Å². The van der Waals surface area contributed by atoms with Gasteiger partial charge in [0.2, 0.25) is 0 Å². The number of benzene rings is 1. The SMILES string of the molecule is Cc1ccc(OC(C)C)c(NC(N)=S)c1. The molecule has 0 aliphatic heterocycles. The summed E-state index contributed by atoms with van der Waals surface area (Å²) in [5, 5.41) is 3.15. The minimum absolute atomic E-state index is 0.125. The molecule has 0 saturated carbocycles. The molecule has 0 aliphatic rings. The van der Waals surface area contributed by atoms with E-state index in [1.165, 1.54) is 0 Å². The van der Waals surface area contributed by atoms with Gasteiger partial charge in [-0.25, -0.2) is 0 Å². The molecule has 4 heteroatoms. The first-order valence-electron chi connectivity index (χ1n) is 4.83. The zero-order valence-electron chi connectivity index (χ0n) is 9.20. The number of thiocarbonyl (C=S) groups is 1. The average molecular weight is 224 g/mol. The van der Waals surface area contributed by atoms with E-state index in [2.05, 4.69) is 5.32 Å². The van der Waals surface area contributed by atoms with Gasteiger partial charge >= 0.3 is 0 Å². The Kier molecular flexibility index (Phi) is 3.91. The quantitative estimate of drug-likeness (QED) is 0.774. The molecule has 3 N–H and O–H groups in total. The van der Waals surface area contributed by atoms with E-state index >= 15 is 0 Å². The summed E-state index contributed by atoms with van der Waals surface area (Å²) in [6.07, 6.45) is 0.125. The van der Waals surface area contributed by atoms with Crippen LogP contribution in [-0.4, -0.2) is 11.2 Å². The van der Waals surface area contributed by atoms with Crippen LogP contribution >= 0.6 is 12.2 Å². The molecule has 82 valence electrons. The molecular formula is C11H16N2OS. The van der Waals surface area contributed by atoms with Gasteiger partial charge in [-0.05, 0) is 50.7 Å². The Labute approximate surface area is 95.6 Å². The molecule has 1 aromatic carbocycles. The fourth-order valence-electron chi connectivity index (χ4n) is 1.23. The highest BCUT2D eigenvalue weighted by Crippen LogP contribution is 2.26. The van der Waals surface area contributed by atoms with E-state index in [0.29, 0.717) is 0 Å². The van der Waals surface area contributed by atoms with Gasteiger partial charge in [0.05, 0.1) is 11.8 Å². The van der Waals surface area contributed by atoms with Gasteiger partial charge in [0.15, 0.2) is 5.11 Å². The van der Waals surface area contributed by atoms with Crippen LogP contribution in [0.2, 0.25) is 0 Å². The smallest absolute Gasteiger partial charge is 0.168 e. The minimum Gasteiger partial charge on any atom is -0.489 e. The summed E-state index contributed by atoms with van der Waals surface area (Å²) in [4.78, 5) is 0. The lowest BCUT2D eigenvalue weighted by Crippen LogP contribution is -2.20. The van der Waals surface area contributed by atoms with Gasteiger partial charge in [-0.2, -0.15) is 0 Å². The van der Waals surface area contributed by atoms with Crippen molar-refractivity contribution < 1.29 is 4.74 Å². The number of hydrogen-bond donors (Lipinski definition) is 2. The van der Waals surface area contributed by atoms with Crippen molar-refractivity contribution in [3.8, 4) is 5.75 Å². The van der Waals surface area contributed by atoms with Crippen LogP contribution in [0.3, 0.4) is 0 Å². The Hall–Kier alpha value is -1.29. The van der Waals surface area contributed by atoms with E-state index in [1.807, 2.05) is 39.0 Å². The summed E-state index contributed by atoms with van der Waals surface area (Å²) in [5.74, 6) is 0.767. The van der Waals surface area contributed by atoms with Crippen LogP contribution in [-0.2, 0) is 0 Å². The van der Waals surface area contributed by atoms with Crippen molar-refractivity contribution in [2.45, 2.75) is 26.9 Å². The summed E-state index contributed by atoms with van der Waals surface area (Å²) in [7, 11) is 0. The van der Waals surface area contributed by atoms with Gasteiger partial charge in [0, 0.05) is 0 Å². The maximum atomic E-state index is 5.62. The van der Waals surface area contributed by atoms with Crippen molar-refractivity contribution in [3.05, 3.63) is 23.8 Å². The molecule has 0 amide bonds. The Morgan fingerprint density at radius 2 is 2.13 bits per heavy atom. The zero-order chi connectivity index (χ0) is 11.4. The number of nitrogens with two attached hydrogens (primary N) is 1. The number of rotatable bonds is 3. The average Bonchev–Trinajstić information content (AvgIpc) is 2.08. The molecule has 1 rings (SSSR count). The standard InChI is InChI=1S/C11H16N2OS/c1-7(2)14-10-5-4-8(3)6-9(10)13-11(12)15/h4-7H,1-3H3,(H3,12,13,15). The number of anilines is 1. The van der Waals surface area contributed by atoms with Gasteiger partial charge in [0.1, 0.15) is 5.75 Å². The first-order valence-corrected chi connectivity index (χ1v) is 5.23. The van der Waals surface area contributed by atoms with Gasteiger partial charge in [0.25, 0.3) is 0 Å². The van der Waals surface area contributed by atoms with E-state index in [0.717, 1.165) is 17.0 Å². The Morgan fingerprint density at radius 3 is 2.67 bits per heavy atom. The van der Waals surface area contributed by atoms with Crippen molar-refractivity contribution in [2.75, 3.05) is 5.32 Å². The van der Waals surface area contributed by atoms with E-state index in [-0.39, 0.29) is 11.2 Å². The molecule has 0 heterocycles. The lowest BCUT2D eigenvalue weighted by molar-refractivity contribution is 0.244. The summed E-state index contributed by atoms with van der Waals surface area (Å²) in [6, 6.07) is 5.86. The van der Waals surface area contributed by atoms with Crippen LogP contribution in [0.15, 0.2) is 18.2 Å². The van der Waals surface area contributed by atoms with Crippen LogP contribution in [0.25, 0.3) is 0 Å².